The fraction of sp³-hybridized carbons (Fsp3) is 1.00. The lowest BCUT2D eigenvalue weighted by atomic mass is 10.0. The average molecular weight is 225 g/mol. The van der Waals surface area contributed by atoms with E-state index in [4.69, 9.17) is 0 Å². The molecule has 0 amide bonds. The van der Waals surface area contributed by atoms with Gasteiger partial charge in [0.1, 0.15) is 0 Å². The topological polar surface area (TPSA) is 3.24 Å². The Bertz CT molecular complexity index is 142. The molecule has 1 nitrogen and oxygen atoms in total. The second-order valence-corrected chi connectivity index (χ2v) is 5.49. The zero-order valence-corrected chi connectivity index (χ0v) is 11.5. The molecule has 1 rings (SSSR count). The van der Waals surface area contributed by atoms with E-state index in [0.717, 1.165) is 5.92 Å². The molecule has 0 bridgehead atoms. The number of hydrogen-bond donors (Lipinski definition) is 0. The van der Waals surface area contributed by atoms with Crippen molar-refractivity contribution in [3.63, 3.8) is 0 Å². The fourth-order valence-electron chi connectivity index (χ4n) is 2.76. The highest BCUT2D eigenvalue weighted by molar-refractivity contribution is 4.69. The Morgan fingerprint density at radius 1 is 0.875 bits per heavy atom. The summed E-state index contributed by atoms with van der Waals surface area (Å²) in [6.45, 7) is 8.64. The van der Waals surface area contributed by atoms with Gasteiger partial charge in [-0.05, 0) is 44.8 Å². The third-order valence-corrected chi connectivity index (χ3v) is 3.98. The molecular formula is C15H31N. The van der Waals surface area contributed by atoms with Gasteiger partial charge in [0.05, 0.1) is 0 Å². The van der Waals surface area contributed by atoms with Gasteiger partial charge in [0.25, 0.3) is 0 Å². The van der Waals surface area contributed by atoms with E-state index in [-0.39, 0.29) is 0 Å². The largest absolute Gasteiger partial charge is 0.303 e. The minimum Gasteiger partial charge on any atom is -0.303 e. The van der Waals surface area contributed by atoms with Crippen LogP contribution in [0.25, 0.3) is 0 Å². The summed E-state index contributed by atoms with van der Waals surface area (Å²) < 4.78 is 0. The van der Waals surface area contributed by atoms with Crippen LogP contribution in [0.4, 0.5) is 0 Å². The molecule has 0 aromatic rings. The zero-order chi connectivity index (χ0) is 11.6. The molecular weight excluding hydrogens is 194 g/mol. The van der Waals surface area contributed by atoms with E-state index < -0.39 is 0 Å². The van der Waals surface area contributed by atoms with Crippen molar-refractivity contribution in [2.75, 3.05) is 19.6 Å². The standard InChI is InChI=1S/C15H31N/c1-3-5-12-16(13-6-4-2)14-11-15-9-7-8-10-15/h15H,3-14H2,1-2H3. The Hall–Kier alpha value is -0.0400. The zero-order valence-electron chi connectivity index (χ0n) is 11.5. The highest BCUT2D eigenvalue weighted by Gasteiger charge is 2.15. The molecule has 0 aromatic heterocycles. The van der Waals surface area contributed by atoms with Crippen LogP contribution in [0.3, 0.4) is 0 Å². The van der Waals surface area contributed by atoms with Gasteiger partial charge in [-0.2, -0.15) is 0 Å². The number of nitrogens with zero attached hydrogens (tertiary/aromatic N) is 1. The second-order valence-electron chi connectivity index (χ2n) is 5.49. The van der Waals surface area contributed by atoms with Gasteiger partial charge in [0.15, 0.2) is 0 Å². The Morgan fingerprint density at radius 3 is 1.94 bits per heavy atom. The van der Waals surface area contributed by atoms with Crippen LogP contribution in [0.15, 0.2) is 0 Å². The molecule has 1 fully saturated rings. The van der Waals surface area contributed by atoms with E-state index in [1.54, 1.807) is 0 Å². The Kier molecular flexibility index (Phi) is 7.92. The van der Waals surface area contributed by atoms with Crippen molar-refractivity contribution in [2.45, 2.75) is 71.6 Å². The summed E-state index contributed by atoms with van der Waals surface area (Å²) in [7, 11) is 0. The van der Waals surface area contributed by atoms with Crippen molar-refractivity contribution in [2.24, 2.45) is 5.92 Å². The first-order valence-electron chi connectivity index (χ1n) is 7.59. The van der Waals surface area contributed by atoms with Gasteiger partial charge in [-0.15, -0.1) is 0 Å². The molecule has 0 aliphatic heterocycles. The lowest BCUT2D eigenvalue weighted by molar-refractivity contribution is 0.244. The van der Waals surface area contributed by atoms with Crippen molar-refractivity contribution in [3.05, 3.63) is 0 Å². The van der Waals surface area contributed by atoms with Crippen molar-refractivity contribution in [1.29, 1.82) is 0 Å². The van der Waals surface area contributed by atoms with Crippen LogP contribution in [0.2, 0.25) is 0 Å². The molecule has 0 heterocycles. The van der Waals surface area contributed by atoms with E-state index in [1.807, 2.05) is 0 Å². The molecule has 0 aromatic carbocycles. The minimum absolute atomic E-state index is 1.06. The lowest BCUT2D eigenvalue weighted by Gasteiger charge is -2.23. The molecule has 0 atom stereocenters. The first kappa shape index (κ1) is 14.0. The van der Waals surface area contributed by atoms with Crippen molar-refractivity contribution < 1.29 is 0 Å². The van der Waals surface area contributed by atoms with Crippen LogP contribution in [-0.4, -0.2) is 24.5 Å². The van der Waals surface area contributed by atoms with Crippen LogP contribution < -0.4 is 0 Å². The monoisotopic (exact) mass is 225 g/mol. The van der Waals surface area contributed by atoms with Gasteiger partial charge in [0.2, 0.25) is 0 Å². The van der Waals surface area contributed by atoms with Gasteiger partial charge in [0, 0.05) is 0 Å². The third-order valence-electron chi connectivity index (χ3n) is 3.98. The molecule has 0 spiro atoms. The predicted molar refractivity (Wildman–Crippen MR) is 72.8 cm³/mol. The number of rotatable bonds is 9. The fourth-order valence-corrected chi connectivity index (χ4v) is 2.76. The van der Waals surface area contributed by atoms with Crippen LogP contribution in [-0.2, 0) is 0 Å². The Morgan fingerprint density at radius 2 is 1.44 bits per heavy atom. The van der Waals surface area contributed by atoms with E-state index in [1.165, 1.54) is 77.4 Å². The maximum atomic E-state index is 2.71. The summed E-state index contributed by atoms with van der Waals surface area (Å²) in [6.07, 6.45) is 12.9. The molecule has 0 unspecified atom stereocenters. The molecule has 1 aliphatic carbocycles. The maximum Gasteiger partial charge on any atom is -0.00161 e. The molecule has 0 radical (unpaired) electrons. The Balaban J connectivity index is 2.13. The molecule has 0 N–H and O–H groups in total. The summed E-state index contributed by atoms with van der Waals surface area (Å²) in [5.74, 6) is 1.06. The number of hydrogen-bond acceptors (Lipinski definition) is 1. The van der Waals surface area contributed by atoms with Crippen molar-refractivity contribution >= 4 is 0 Å². The first-order chi connectivity index (χ1) is 7.86. The van der Waals surface area contributed by atoms with Crippen LogP contribution in [0, 0.1) is 5.92 Å². The highest BCUT2D eigenvalue weighted by atomic mass is 15.1. The summed E-state index contributed by atoms with van der Waals surface area (Å²) in [5, 5.41) is 0. The van der Waals surface area contributed by atoms with Crippen LogP contribution in [0.5, 0.6) is 0 Å². The van der Waals surface area contributed by atoms with Crippen molar-refractivity contribution in [1.82, 2.24) is 4.90 Å². The van der Waals surface area contributed by atoms with Gasteiger partial charge < -0.3 is 4.90 Å². The molecule has 16 heavy (non-hydrogen) atoms. The highest BCUT2D eigenvalue weighted by Crippen LogP contribution is 2.27. The van der Waals surface area contributed by atoms with E-state index >= 15 is 0 Å². The SMILES string of the molecule is CCCCN(CCCC)CCC1CCCC1. The normalized spacial score (nSPS) is 17.4. The third kappa shape index (κ3) is 5.89. The van der Waals surface area contributed by atoms with Gasteiger partial charge in [-0.25, -0.2) is 0 Å². The van der Waals surface area contributed by atoms with Crippen LogP contribution in [0.1, 0.15) is 71.6 Å². The smallest absolute Gasteiger partial charge is 0.00161 e. The molecule has 1 heteroatoms. The molecule has 1 aliphatic rings. The summed E-state index contributed by atoms with van der Waals surface area (Å²) >= 11 is 0. The Labute approximate surface area is 103 Å². The maximum absolute atomic E-state index is 2.71. The summed E-state index contributed by atoms with van der Waals surface area (Å²) in [6, 6.07) is 0. The van der Waals surface area contributed by atoms with E-state index in [2.05, 4.69) is 18.7 Å². The minimum atomic E-state index is 1.06. The summed E-state index contributed by atoms with van der Waals surface area (Å²) in [5.41, 5.74) is 0. The van der Waals surface area contributed by atoms with Gasteiger partial charge in [-0.3, -0.25) is 0 Å². The number of unbranched alkanes of at least 4 members (excludes halogenated alkanes) is 2. The molecule has 1 saturated carbocycles. The van der Waals surface area contributed by atoms with E-state index in [9.17, 15) is 0 Å². The van der Waals surface area contributed by atoms with Gasteiger partial charge in [-0.1, -0.05) is 52.4 Å². The van der Waals surface area contributed by atoms with Gasteiger partial charge >= 0.3 is 0 Å². The second kappa shape index (κ2) is 9.04. The first-order valence-corrected chi connectivity index (χ1v) is 7.59. The average Bonchev–Trinajstić information content (AvgIpc) is 2.81. The molecule has 0 saturated heterocycles. The predicted octanol–water partition coefficient (Wildman–Crippen LogP) is 4.47. The molecule has 96 valence electrons. The van der Waals surface area contributed by atoms with Crippen molar-refractivity contribution in [3.8, 4) is 0 Å². The summed E-state index contributed by atoms with van der Waals surface area (Å²) in [4.78, 5) is 2.71. The lowest BCUT2D eigenvalue weighted by Crippen LogP contribution is -2.28. The van der Waals surface area contributed by atoms with E-state index in [0.29, 0.717) is 0 Å². The van der Waals surface area contributed by atoms with Crippen LogP contribution >= 0.6 is 0 Å². The quantitative estimate of drug-likeness (QED) is 0.559.